The number of hydrogen-bond donors (Lipinski definition) is 0. The van der Waals surface area contributed by atoms with Gasteiger partial charge >= 0.3 is 0 Å². The van der Waals surface area contributed by atoms with Crippen LogP contribution in [0.2, 0.25) is 0 Å². The van der Waals surface area contributed by atoms with Crippen LogP contribution < -0.4 is 9.80 Å². The molecule has 0 aromatic heterocycles. The van der Waals surface area contributed by atoms with Gasteiger partial charge in [-0.15, -0.1) is 0 Å². The van der Waals surface area contributed by atoms with E-state index in [1.807, 2.05) is 12.1 Å². The Morgan fingerprint density at radius 3 is 0.581 bits per heavy atom. The van der Waals surface area contributed by atoms with Crippen molar-refractivity contribution in [3.05, 3.63) is 322 Å². The van der Waals surface area contributed by atoms with Crippen molar-refractivity contribution in [1.29, 1.82) is 0 Å². The van der Waals surface area contributed by atoms with E-state index >= 15 is 0 Å². The number of rotatable bonds is 16. The fourth-order valence-electron chi connectivity index (χ4n) is 8.95. The van der Waals surface area contributed by atoms with Gasteiger partial charge in [-0.2, -0.15) is 0 Å². The van der Waals surface area contributed by atoms with E-state index in [0.717, 1.165) is 67.5 Å². The zero-order chi connectivity index (χ0) is 50.3. The Morgan fingerprint density at radius 1 is 0.189 bits per heavy atom. The van der Waals surface area contributed by atoms with Gasteiger partial charge in [-0.1, -0.05) is 255 Å². The van der Waals surface area contributed by atoms with E-state index in [-0.39, 0.29) is 0 Å². The third-order valence-electron chi connectivity index (χ3n) is 13.1. The molecule has 356 valence electrons. The van der Waals surface area contributed by atoms with Crippen LogP contribution in [0.25, 0.3) is 60.8 Å². The standard InChI is InChI=1S/C72H58N2/c1-55-13-9-11-19-71(55)73(67-47-39-63(40-48-67)35-33-61-29-25-59(26-30-61)23-21-57-15-5-3-6-16-57)69-51-43-65(44-52-69)37-38-66-45-53-70(54-46-66)74(72-20-12-10-14-56(72)2)68-49-41-64(42-50-68)36-34-62-31-27-60(28-32-62)24-22-58-17-7-4-8-18-58/h3-54H,1-2H3/b23-21+,24-22+,35-33+,36-34+,38-37+. The number of hydrogen-bond acceptors (Lipinski definition) is 2. The molecule has 10 rings (SSSR count). The summed E-state index contributed by atoms with van der Waals surface area (Å²) in [5.41, 5.74) is 20.8. The SMILES string of the molecule is Cc1ccccc1N(c1ccc(/C=C/c2ccc(/C=C/c3ccccc3)cc2)cc1)c1ccc(/C=C/c2ccc(N(c3ccc(/C=C/c4ccc(/C=C/c5ccccc5)cc4)cc3)c3ccccc3C)cc2)cc1. The minimum absolute atomic E-state index is 1.10. The van der Waals surface area contributed by atoms with Gasteiger partial charge in [0.2, 0.25) is 0 Å². The van der Waals surface area contributed by atoms with Gasteiger partial charge in [-0.05, 0) is 141 Å². The fourth-order valence-corrected chi connectivity index (χ4v) is 8.95. The Labute approximate surface area is 437 Å². The average molecular weight is 951 g/mol. The largest absolute Gasteiger partial charge is 0.310 e. The molecular formula is C72H58N2. The second-order valence-electron chi connectivity index (χ2n) is 18.4. The van der Waals surface area contributed by atoms with E-state index < -0.39 is 0 Å². The lowest BCUT2D eigenvalue weighted by Crippen LogP contribution is -2.11. The summed E-state index contributed by atoms with van der Waals surface area (Å²) in [6, 6.07) is 90.5. The molecule has 0 atom stereocenters. The first-order chi connectivity index (χ1) is 36.5. The van der Waals surface area contributed by atoms with Crippen LogP contribution in [0, 0.1) is 13.8 Å². The highest BCUT2D eigenvalue weighted by Crippen LogP contribution is 2.39. The van der Waals surface area contributed by atoms with Gasteiger partial charge in [0.05, 0.1) is 0 Å². The van der Waals surface area contributed by atoms with Crippen molar-refractivity contribution < 1.29 is 0 Å². The summed E-state index contributed by atoms with van der Waals surface area (Å²) in [6.07, 6.45) is 21.7. The van der Waals surface area contributed by atoms with Crippen LogP contribution in [0.4, 0.5) is 34.1 Å². The molecule has 0 aliphatic heterocycles. The van der Waals surface area contributed by atoms with Crippen LogP contribution in [0.1, 0.15) is 66.8 Å². The quantitative estimate of drug-likeness (QED) is 0.0891. The molecule has 2 heteroatoms. The van der Waals surface area contributed by atoms with Crippen LogP contribution in [0.3, 0.4) is 0 Å². The Bertz CT molecular complexity index is 3300. The zero-order valence-electron chi connectivity index (χ0n) is 41.9. The average Bonchev–Trinajstić information content (AvgIpc) is 3.46. The number of benzene rings is 10. The van der Waals surface area contributed by atoms with E-state index in [9.17, 15) is 0 Å². The van der Waals surface area contributed by atoms with Gasteiger partial charge in [0.1, 0.15) is 0 Å². The number of aryl methyl sites for hydroxylation is 2. The first-order valence-electron chi connectivity index (χ1n) is 25.3. The van der Waals surface area contributed by atoms with E-state index in [4.69, 9.17) is 0 Å². The number of nitrogens with zero attached hydrogens (tertiary/aromatic N) is 2. The molecule has 0 aliphatic rings. The predicted octanol–water partition coefficient (Wildman–Crippen LogP) is 20.1. The second-order valence-corrected chi connectivity index (χ2v) is 18.4. The van der Waals surface area contributed by atoms with Crippen molar-refractivity contribution in [2.75, 3.05) is 9.80 Å². The van der Waals surface area contributed by atoms with Gasteiger partial charge < -0.3 is 9.80 Å². The molecule has 74 heavy (non-hydrogen) atoms. The van der Waals surface area contributed by atoms with Crippen LogP contribution in [0.5, 0.6) is 0 Å². The molecule has 0 bridgehead atoms. The van der Waals surface area contributed by atoms with Gasteiger partial charge in [-0.25, -0.2) is 0 Å². The minimum Gasteiger partial charge on any atom is -0.310 e. The van der Waals surface area contributed by atoms with Crippen LogP contribution in [0.15, 0.2) is 255 Å². The lowest BCUT2D eigenvalue weighted by atomic mass is 10.1. The number of anilines is 6. The van der Waals surface area contributed by atoms with Crippen molar-refractivity contribution in [2.24, 2.45) is 0 Å². The van der Waals surface area contributed by atoms with Gasteiger partial charge in [0.15, 0.2) is 0 Å². The van der Waals surface area contributed by atoms with E-state index in [1.54, 1.807) is 0 Å². The molecule has 0 radical (unpaired) electrons. The van der Waals surface area contributed by atoms with E-state index in [0.29, 0.717) is 0 Å². The maximum Gasteiger partial charge on any atom is 0.0490 e. The molecule has 0 saturated heterocycles. The Kier molecular flexibility index (Phi) is 15.4. The third-order valence-corrected chi connectivity index (χ3v) is 13.1. The molecule has 0 heterocycles. The van der Waals surface area contributed by atoms with E-state index in [1.165, 1.54) is 33.4 Å². The molecule has 0 saturated carbocycles. The maximum absolute atomic E-state index is 2.34. The summed E-state index contributed by atoms with van der Waals surface area (Å²) in [6.45, 7) is 4.35. The first kappa shape index (κ1) is 48.1. The summed E-state index contributed by atoms with van der Waals surface area (Å²) < 4.78 is 0. The van der Waals surface area contributed by atoms with Crippen molar-refractivity contribution in [2.45, 2.75) is 13.8 Å². The van der Waals surface area contributed by atoms with Gasteiger partial charge in [-0.3, -0.25) is 0 Å². The van der Waals surface area contributed by atoms with E-state index in [2.05, 4.69) is 327 Å². The van der Waals surface area contributed by atoms with Crippen molar-refractivity contribution >= 4 is 94.9 Å². The Morgan fingerprint density at radius 2 is 0.365 bits per heavy atom. The zero-order valence-corrected chi connectivity index (χ0v) is 41.9. The highest BCUT2D eigenvalue weighted by Gasteiger charge is 2.16. The van der Waals surface area contributed by atoms with Crippen molar-refractivity contribution in [1.82, 2.24) is 0 Å². The molecule has 2 nitrogen and oxygen atoms in total. The highest BCUT2D eigenvalue weighted by molar-refractivity contribution is 5.83. The van der Waals surface area contributed by atoms with Gasteiger partial charge in [0, 0.05) is 34.1 Å². The molecule has 0 fully saturated rings. The normalized spacial score (nSPS) is 11.6. The predicted molar refractivity (Wildman–Crippen MR) is 322 cm³/mol. The summed E-state index contributed by atoms with van der Waals surface area (Å²) in [7, 11) is 0. The minimum atomic E-state index is 1.10. The smallest absolute Gasteiger partial charge is 0.0490 e. The molecule has 0 unspecified atom stereocenters. The van der Waals surface area contributed by atoms with Crippen molar-refractivity contribution in [3.8, 4) is 0 Å². The molecule has 10 aromatic rings. The molecule has 10 aromatic carbocycles. The Hall–Kier alpha value is -9.50. The van der Waals surface area contributed by atoms with Crippen molar-refractivity contribution in [3.63, 3.8) is 0 Å². The first-order valence-corrected chi connectivity index (χ1v) is 25.3. The molecule has 0 N–H and O–H groups in total. The maximum atomic E-state index is 2.34. The third kappa shape index (κ3) is 12.5. The molecule has 0 aliphatic carbocycles. The molecule has 0 spiro atoms. The summed E-state index contributed by atoms with van der Waals surface area (Å²) in [5, 5.41) is 0. The van der Waals surface area contributed by atoms with Crippen LogP contribution in [-0.2, 0) is 0 Å². The fraction of sp³-hybridized carbons (Fsp3) is 0.0278. The molecular weight excluding hydrogens is 893 g/mol. The highest BCUT2D eigenvalue weighted by atomic mass is 15.1. The summed E-state index contributed by atoms with van der Waals surface area (Å²) in [5.74, 6) is 0. The second kappa shape index (κ2) is 23.6. The van der Waals surface area contributed by atoms with Crippen LogP contribution in [-0.4, -0.2) is 0 Å². The lowest BCUT2D eigenvalue weighted by Gasteiger charge is -2.27. The van der Waals surface area contributed by atoms with Gasteiger partial charge in [0.25, 0.3) is 0 Å². The monoisotopic (exact) mass is 950 g/mol. The van der Waals surface area contributed by atoms with Crippen LogP contribution >= 0.6 is 0 Å². The summed E-state index contributed by atoms with van der Waals surface area (Å²) >= 11 is 0. The summed E-state index contributed by atoms with van der Waals surface area (Å²) in [4.78, 5) is 4.68. The lowest BCUT2D eigenvalue weighted by molar-refractivity contribution is 1.25. The Balaban J connectivity index is 0.809. The molecule has 0 amide bonds. The number of para-hydroxylation sites is 2. The topological polar surface area (TPSA) is 6.48 Å².